The number of hydrogen-bond donors (Lipinski definition) is 1. The number of amides is 1. The van der Waals surface area contributed by atoms with Crippen LogP contribution < -0.4 is 5.32 Å². The van der Waals surface area contributed by atoms with Gasteiger partial charge < -0.3 is 14.6 Å². The number of rotatable bonds is 5. The lowest BCUT2D eigenvalue weighted by Crippen LogP contribution is -2.42. The zero-order valence-electron chi connectivity index (χ0n) is 11.1. The molecule has 0 spiro atoms. The molecule has 0 saturated carbocycles. The van der Waals surface area contributed by atoms with E-state index in [1.165, 1.54) is 0 Å². The molecule has 5 heteroatoms. The van der Waals surface area contributed by atoms with Crippen molar-refractivity contribution in [3.63, 3.8) is 0 Å². The highest BCUT2D eigenvalue weighted by Gasteiger charge is 2.20. The van der Waals surface area contributed by atoms with Crippen molar-refractivity contribution in [3.05, 3.63) is 17.7 Å². The summed E-state index contributed by atoms with van der Waals surface area (Å²) in [5, 5.41) is 3.02. The van der Waals surface area contributed by atoms with Gasteiger partial charge in [-0.3, -0.25) is 4.79 Å². The first-order valence-electron chi connectivity index (χ1n) is 6.58. The SMILES string of the molecule is CCCOCC(=O)N[C@H]1CCc2nc(C)cn2C1. The molecule has 1 atom stereocenters. The number of hydrogen-bond acceptors (Lipinski definition) is 3. The van der Waals surface area contributed by atoms with E-state index in [2.05, 4.69) is 14.9 Å². The summed E-state index contributed by atoms with van der Waals surface area (Å²) in [6.45, 7) is 5.65. The molecule has 2 rings (SSSR count). The molecule has 1 aromatic heterocycles. The van der Waals surface area contributed by atoms with Crippen LogP contribution in [0.25, 0.3) is 0 Å². The van der Waals surface area contributed by atoms with Gasteiger partial charge in [-0.2, -0.15) is 0 Å². The maximum atomic E-state index is 11.6. The van der Waals surface area contributed by atoms with Crippen molar-refractivity contribution in [1.82, 2.24) is 14.9 Å². The lowest BCUT2D eigenvalue weighted by atomic mass is 10.1. The Hall–Kier alpha value is -1.36. The van der Waals surface area contributed by atoms with E-state index in [1.807, 2.05) is 20.0 Å². The van der Waals surface area contributed by atoms with E-state index in [9.17, 15) is 4.79 Å². The first-order valence-corrected chi connectivity index (χ1v) is 6.58. The van der Waals surface area contributed by atoms with E-state index < -0.39 is 0 Å². The molecule has 5 nitrogen and oxygen atoms in total. The number of nitrogens with one attached hydrogen (secondary N) is 1. The van der Waals surface area contributed by atoms with Gasteiger partial charge in [-0.15, -0.1) is 0 Å². The summed E-state index contributed by atoms with van der Waals surface area (Å²) in [5.74, 6) is 1.11. The number of carbonyl (C=O) groups is 1. The Morgan fingerprint density at radius 3 is 3.28 bits per heavy atom. The van der Waals surface area contributed by atoms with Crippen LogP contribution in [0.2, 0.25) is 0 Å². The number of fused-ring (bicyclic) bond motifs is 1. The van der Waals surface area contributed by atoms with E-state index in [0.717, 1.165) is 37.3 Å². The van der Waals surface area contributed by atoms with Crippen molar-refractivity contribution in [2.45, 2.75) is 45.7 Å². The fourth-order valence-corrected chi connectivity index (χ4v) is 2.28. The number of ether oxygens (including phenoxy) is 1. The second-order valence-corrected chi connectivity index (χ2v) is 4.81. The predicted molar refractivity (Wildman–Crippen MR) is 68.3 cm³/mol. The summed E-state index contributed by atoms with van der Waals surface area (Å²) >= 11 is 0. The summed E-state index contributed by atoms with van der Waals surface area (Å²) < 4.78 is 7.36. The molecule has 1 N–H and O–H groups in total. The zero-order chi connectivity index (χ0) is 13.0. The number of carbonyl (C=O) groups excluding carboxylic acids is 1. The molecule has 0 bridgehead atoms. The van der Waals surface area contributed by atoms with E-state index in [1.54, 1.807) is 0 Å². The third-order valence-corrected chi connectivity index (χ3v) is 3.06. The van der Waals surface area contributed by atoms with Crippen LogP contribution in [-0.4, -0.2) is 34.7 Å². The van der Waals surface area contributed by atoms with E-state index in [0.29, 0.717) is 6.61 Å². The summed E-state index contributed by atoms with van der Waals surface area (Å²) in [4.78, 5) is 16.1. The lowest BCUT2D eigenvalue weighted by Gasteiger charge is -2.24. The van der Waals surface area contributed by atoms with Gasteiger partial charge in [0.2, 0.25) is 5.91 Å². The number of aromatic nitrogens is 2. The summed E-state index contributed by atoms with van der Waals surface area (Å²) in [7, 11) is 0. The molecule has 1 aliphatic heterocycles. The topological polar surface area (TPSA) is 56.1 Å². The molecule has 1 aliphatic rings. The minimum absolute atomic E-state index is 0.0197. The van der Waals surface area contributed by atoms with Crippen LogP contribution in [0.5, 0.6) is 0 Å². The Bertz CT molecular complexity index is 414. The molecule has 1 aromatic rings. The van der Waals surface area contributed by atoms with Crippen LogP contribution in [0.3, 0.4) is 0 Å². The number of nitrogens with zero attached hydrogens (tertiary/aromatic N) is 2. The molecule has 0 saturated heterocycles. The van der Waals surface area contributed by atoms with Crippen molar-refractivity contribution in [1.29, 1.82) is 0 Å². The van der Waals surface area contributed by atoms with Crippen molar-refractivity contribution < 1.29 is 9.53 Å². The highest BCUT2D eigenvalue weighted by atomic mass is 16.5. The van der Waals surface area contributed by atoms with Gasteiger partial charge in [0.05, 0.1) is 5.69 Å². The highest BCUT2D eigenvalue weighted by Crippen LogP contribution is 2.14. The van der Waals surface area contributed by atoms with E-state index in [-0.39, 0.29) is 18.6 Å². The average molecular weight is 251 g/mol. The van der Waals surface area contributed by atoms with Gasteiger partial charge in [0.15, 0.2) is 0 Å². The van der Waals surface area contributed by atoms with Gasteiger partial charge >= 0.3 is 0 Å². The van der Waals surface area contributed by atoms with Crippen molar-refractivity contribution in [2.75, 3.05) is 13.2 Å². The van der Waals surface area contributed by atoms with Gasteiger partial charge in [-0.1, -0.05) is 6.92 Å². The Labute approximate surface area is 108 Å². The normalized spacial score (nSPS) is 18.4. The van der Waals surface area contributed by atoms with Gasteiger partial charge in [0, 0.05) is 31.8 Å². The molecule has 0 aromatic carbocycles. The molecule has 100 valence electrons. The van der Waals surface area contributed by atoms with Crippen LogP contribution in [-0.2, 0) is 22.5 Å². The van der Waals surface area contributed by atoms with Crippen LogP contribution in [0.15, 0.2) is 6.20 Å². The van der Waals surface area contributed by atoms with Crippen molar-refractivity contribution >= 4 is 5.91 Å². The third kappa shape index (κ3) is 3.32. The van der Waals surface area contributed by atoms with E-state index >= 15 is 0 Å². The second-order valence-electron chi connectivity index (χ2n) is 4.81. The molecule has 0 fully saturated rings. The summed E-state index contributed by atoms with van der Waals surface area (Å²) in [5.41, 5.74) is 1.04. The molecule has 0 aliphatic carbocycles. The largest absolute Gasteiger partial charge is 0.372 e. The smallest absolute Gasteiger partial charge is 0.246 e. The molecule has 1 amide bonds. The van der Waals surface area contributed by atoms with E-state index in [4.69, 9.17) is 4.74 Å². The molecular formula is C13H21N3O2. The zero-order valence-corrected chi connectivity index (χ0v) is 11.1. The average Bonchev–Trinajstić information content (AvgIpc) is 2.69. The van der Waals surface area contributed by atoms with Gasteiger partial charge in [-0.25, -0.2) is 4.98 Å². The molecular weight excluding hydrogens is 230 g/mol. The Kier molecular flexibility index (Phi) is 4.36. The van der Waals surface area contributed by atoms with Crippen molar-refractivity contribution in [3.8, 4) is 0 Å². The first kappa shape index (κ1) is 13.1. The molecule has 2 heterocycles. The maximum Gasteiger partial charge on any atom is 0.246 e. The van der Waals surface area contributed by atoms with Crippen LogP contribution >= 0.6 is 0 Å². The highest BCUT2D eigenvalue weighted by molar-refractivity contribution is 5.77. The van der Waals surface area contributed by atoms with Crippen LogP contribution in [0.1, 0.15) is 31.3 Å². The number of imidazole rings is 1. The fraction of sp³-hybridized carbons (Fsp3) is 0.692. The molecule has 18 heavy (non-hydrogen) atoms. The van der Waals surface area contributed by atoms with Crippen LogP contribution in [0.4, 0.5) is 0 Å². The molecule has 0 radical (unpaired) electrons. The summed E-state index contributed by atoms with van der Waals surface area (Å²) in [6.07, 6.45) is 4.86. The predicted octanol–water partition coefficient (Wildman–Crippen LogP) is 1.05. The third-order valence-electron chi connectivity index (χ3n) is 3.06. The number of aryl methyl sites for hydroxylation is 2. The first-order chi connectivity index (χ1) is 8.69. The second kappa shape index (κ2) is 6.00. The Morgan fingerprint density at radius 1 is 1.67 bits per heavy atom. The maximum absolute atomic E-state index is 11.6. The van der Waals surface area contributed by atoms with Gasteiger partial charge in [0.1, 0.15) is 12.4 Å². The van der Waals surface area contributed by atoms with Gasteiger partial charge in [0.25, 0.3) is 0 Å². The standard InChI is InChI=1S/C13H21N3O2/c1-3-6-18-9-13(17)15-11-4-5-12-14-10(2)7-16(12)8-11/h7,11H,3-6,8-9H2,1-2H3,(H,15,17)/t11-/m0/s1. The molecule has 0 unspecified atom stereocenters. The summed E-state index contributed by atoms with van der Waals surface area (Å²) in [6, 6.07) is 0.198. The Balaban J connectivity index is 1.80. The van der Waals surface area contributed by atoms with Crippen LogP contribution in [0, 0.1) is 6.92 Å². The Morgan fingerprint density at radius 2 is 2.50 bits per heavy atom. The fourth-order valence-electron chi connectivity index (χ4n) is 2.28. The minimum Gasteiger partial charge on any atom is -0.372 e. The minimum atomic E-state index is -0.0197. The quantitative estimate of drug-likeness (QED) is 0.796. The van der Waals surface area contributed by atoms with Crippen molar-refractivity contribution in [2.24, 2.45) is 0 Å². The monoisotopic (exact) mass is 251 g/mol. The van der Waals surface area contributed by atoms with Gasteiger partial charge in [-0.05, 0) is 19.8 Å². The lowest BCUT2D eigenvalue weighted by molar-refractivity contribution is -0.126.